The summed E-state index contributed by atoms with van der Waals surface area (Å²) >= 11 is 1.61. The first-order valence-electron chi connectivity index (χ1n) is 8.07. The van der Waals surface area contributed by atoms with Crippen LogP contribution in [0.3, 0.4) is 0 Å². The fourth-order valence-electron chi connectivity index (χ4n) is 2.92. The summed E-state index contributed by atoms with van der Waals surface area (Å²) in [6.07, 6.45) is 0.423. The number of carbonyl (C=O) groups is 1. The summed E-state index contributed by atoms with van der Waals surface area (Å²) in [5.74, 6) is 0.0475. The summed E-state index contributed by atoms with van der Waals surface area (Å²) in [6, 6.07) is 20.4. The molecule has 2 nitrogen and oxygen atoms in total. The Balaban J connectivity index is 1.89. The highest BCUT2D eigenvalue weighted by molar-refractivity contribution is 7.10. The second-order valence-electron chi connectivity index (χ2n) is 6.03. The van der Waals surface area contributed by atoms with Crippen molar-refractivity contribution in [3.05, 3.63) is 93.2 Å². The molecule has 3 rings (SSSR count). The number of carbonyl (C=O) groups excluding carboxylic acids is 1. The Bertz CT molecular complexity index is 809. The second kappa shape index (κ2) is 7.45. The van der Waals surface area contributed by atoms with Crippen LogP contribution >= 0.6 is 11.3 Å². The zero-order chi connectivity index (χ0) is 16.9. The van der Waals surface area contributed by atoms with Crippen molar-refractivity contribution in [1.82, 2.24) is 5.32 Å². The van der Waals surface area contributed by atoms with Crippen LogP contribution in [0.1, 0.15) is 33.2 Å². The van der Waals surface area contributed by atoms with Crippen molar-refractivity contribution in [1.29, 1.82) is 0 Å². The van der Waals surface area contributed by atoms with Crippen molar-refractivity contribution in [3.63, 3.8) is 0 Å². The minimum Gasteiger partial charge on any atom is -0.345 e. The number of aryl methyl sites for hydroxylation is 2. The van der Waals surface area contributed by atoms with Crippen molar-refractivity contribution in [2.24, 2.45) is 0 Å². The number of hydrogen-bond donors (Lipinski definition) is 1. The lowest BCUT2D eigenvalue weighted by Gasteiger charge is -2.22. The third-order valence-corrected chi connectivity index (χ3v) is 4.97. The van der Waals surface area contributed by atoms with Crippen molar-refractivity contribution in [3.8, 4) is 0 Å². The van der Waals surface area contributed by atoms with Gasteiger partial charge in [0, 0.05) is 4.88 Å². The van der Waals surface area contributed by atoms with Crippen LogP contribution in [0.25, 0.3) is 0 Å². The van der Waals surface area contributed by atoms with Gasteiger partial charge >= 0.3 is 0 Å². The van der Waals surface area contributed by atoms with E-state index in [2.05, 4.69) is 49.5 Å². The van der Waals surface area contributed by atoms with Gasteiger partial charge in [0.05, 0.1) is 12.5 Å². The Labute approximate surface area is 147 Å². The number of rotatable bonds is 5. The van der Waals surface area contributed by atoms with E-state index in [1.807, 2.05) is 35.7 Å². The van der Waals surface area contributed by atoms with Gasteiger partial charge < -0.3 is 5.32 Å². The van der Waals surface area contributed by atoms with Crippen LogP contribution in [0.2, 0.25) is 0 Å². The molecular weight excluding hydrogens is 314 g/mol. The van der Waals surface area contributed by atoms with Gasteiger partial charge in [0.25, 0.3) is 0 Å². The molecule has 0 aliphatic rings. The molecule has 0 bridgehead atoms. The van der Waals surface area contributed by atoms with Crippen LogP contribution in [0.4, 0.5) is 0 Å². The summed E-state index contributed by atoms with van der Waals surface area (Å²) in [6.45, 7) is 4.19. The molecule has 1 N–H and O–H groups in total. The van der Waals surface area contributed by atoms with Gasteiger partial charge in [-0.25, -0.2) is 0 Å². The van der Waals surface area contributed by atoms with Gasteiger partial charge in [-0.15, -0.1) is 11.3 Å². The number of amides is 1. The molecule has 3 heteroatoms. The lowest BCUT2D eigenvalue weighted by Crippen LogP contribution is -2.30. The molecule has 0 aliphatic heterocycles. The third-order valence-electron chi connectivity index (χ3n) is 4.09. The molecule has 3 aromatic rings. The monoisotopic (exact) mass is 335 g/mol. The number of hydrogen-bond acceptors (Lipinski definition) is 2. The molecule has 0 saturated carbocycles. The lowest BCUT2D eigenvalue weighted by atomic mass is 9.93. The van der Waals surface area contributed by atoms with E-state index >= 15 is 0 Å². The van der Waals surface area contributed by atoms with Crippen LogP contribution in [0, 0.1) is 13.8 Å². The Morgan fingerprint density at radius 2 is 1.83 bits per heavy atom. The minimum absolute atomic E-state index is 0.0475. The highest BCUT2D eigenvalue weighted by Gasteiger charge is 2.19. The van der Waals surface area contributed by atoms with Gasteiger partial charge in [-0.3, -0.25) is 4.79 Å². The maximum atomic E-state index is 12.5. The first-order chi connectivity index (χ1) is 11.6. The molecule has 2 aromatic carbocycles. The minimum atomic E-state index is -0.126. The van der Waals surface area contributed by atoms with Crippen molar-refractivity contribution in [2.45, 2.75) is 26.3 Å². The fraction of sp³-hybridized carbons (Fsp3) is 0.190. The second-order valence-corrected chi connectivity index (χ2v) is 7.06. The third kappa shape index (κ3) is 3.92. The molecule has 1 amide bonds. The molecule has 24 heavy (non-hydrogen) atoms. The SMILES string of the molecule is Cc1ccc([C@@H](NC(=O)Cc2cccs2)c2ccccc2)c(C)c1. The van der Waals surface area contributed by atoms with Gasteiger partial charge in [-0.2, -0.15) is 0 Å². The number of nitrogens with one attached hydrogen (secondary N) is 1. The van der Waals surface area contributed by atoms with E-state index in [4.69, 9.17) is 0 Å². The standard InChI is InChI=1S/C21H21NOS/c1-15-10-11-19(16(2)13-15)21(17-7-4-3-5-8-17)22-20(23)14-18-9-6-12-24-18/h3-13,21H,14H2,1-2H3,(H,22,23)/t21-/m0/s1. The van der Waals surface area contributed by atoms with E-state index in [-0.39, 0.29) is 11.9 Å². The largest absolute Gasteiger partial charge is 0.345 e. The predicted octanol–water partition coefficient (Wildman–Crippen LogP) is 4.81. The van der Waals surface area contributed by atoms with Crippen molar-refractivity contribution in [2.75, 3.05) is 0 Å². The zero-order valence-corrected chi connectivity index (χ0v) is 14.8. The maximum Gasteiger partial charge on any atom is 0.226 e. The van der Waals surface area contributed by atoms with E-state index in [1.54, 1.807) is 11.3 Å². The molecule has 0 radical (unpaired) electrons. The van der Waals surface area contributed by atoms with E-state index in [0.29, 0.717) is 6.42 Å². The molecule has 1 aromatic heterocycles. The van der Waals surface area contributed by atoms with Crippen LogP contribution in [0.15, 0.2) is 66.0 Å². The molecule has 1 atom stereocenters. The summed E-state index contributed by atoms with van der Waals surface area (Å²) in [5, 5.41) is 5.22. The molecule has 0 spiro atoms. The quantitative estimate of drug-likeness (QED) is 0.712. The Morgan fingerprint density at radius 1 is 1.04 bits per heavy atom. The highest BCUT2D eigenvalue weighted by Crippen LogP contribution is 2.26. The first kappa shape index (κ1) is 16.5. The van der Waals surface area contributed by atoms with Gasteiger partial charge in [0.15, 0.2) is 0 Å². The van der Waals surface area contributed by atoms with E-state index < -0.39 is 0 Å². The lowest BCUT2D eigenvalue weighted by molar-refractivity contribution is -0.120. The molecule has 0 aliphatic carbocycles. The zero-order valence-electron chi connectivity index (χ0n) is 14.0. The molecule has 122 valence electrons. The Kier molecular flexibility index (Phi) is 5.11. The molecule has 0 saturated heterocycles. The maximum absolute atomic E-state index is 12.5. The van der Waals surface area contributed by atoms with Crippen LogP contribution < -0.4 is 5.32 Å². The molecule has 1 heterocycles. The Morgan fingerprint density at radius 3 is 2.50 bits per heavy atom. The molecule has 0 fully saturated rings. The summed E-state index contributed by atoms with van der Waals surface area (Å²) in [5.41, 5.74) is 4.67. The van der Waals surface area contributed by atoms with Crippen molar-refractivity contribution < 1.29 is 4.79 Å². The van der Waals surface area contributed by atoms with E-state index in [1.165, 1.54) is 11.1 Å². The van der Waals surface area contributed by atoms with Crippen molar-refractivity contribution >= 4 is 17.2 Å². The highest BCUT2D eigenvalue weighted by atomic mass is 32.1. The normalized spacial score (nSPS) is 11.9. The van der Waals surface area contributed by atoms with E-state index in [9.17, 15) is 4.79 Å². The summed E-state index contributed by atoms with van der Waals surface area (Å²) in [4.78, 5) is 13.6. The van der Waals surface area contributed by atoms with Crippen LogP contribution in [-0.4, -0.2) is 5.91 Å². The average Bonchev–Trinajstić information content (AvgIpc) is 3.07. The Hall–Kier alpha value is -2.39. The smallest absolute Gasteiger partial charge is 0.226 e. The summed E-state index contributed by atoms with van der Waals surface area (Å²) in [7, 11) is 0. The predicted molar refractivity (Wildman–Crippen MR) is 100 cm³/mol. The van der Waals surface area contributed by atoms with Gasteiger partial charge in [-0.05, 0) is 42.0 Å². The van der Waals surface area contributed by atoms with Gasteiger partial charge in [-0.1, -0.05) is 60.2 Å². The van der Waals surface area contributed by atoms with E-state index in [0.717, 1.165) is 16.0 Å². The summed E-state index contributed by atoms with van der Waals surface area (Å²) < 4.78 is 0. The first-order valence-corrected chi connectivity index (χ1v) is 8.95. The molecular formula is C21H21NOS. The average molecular weight is 335 g/mol. The van der Waals surface area contributed by atoms with Gasteiger partial charge in [0.1, 0.15) is 0 Å². The number of benzene rings is 2. The number of thiophene rings is 1. The van der Waals surface area contributed by atoms with Crippen LogP contribution in [-0.2, 0) is 11.2 Å². The topological polar surface area (TPSA) is 29.1 Å². The van der Waals surface area contributed by atoms with Gasteiger partial charge in [0.2, 0.25) is 5.91 Å². The van der Waals surface area contributed by atoms with Crippen LogP contribution in [0.5, 0.6) is 0 Å². The molecule has 0 unspecified atom stereocenters. The fourth-order valence-corrected chi connectivity index (χ4v) is 3.62.